The molecule has 0 saturated carbocycles. The van der Waals surface area contributed by atoms with Crippen molar-refractivity contribution in [2.75, 3.05) is 27.2 Å². The van der Waals surface area contributed by atoms with Crippen molar-refractivity contribution < 1.29 is 4.79 Å². The fraction of sp³-hybridized carbons (Fsp3) is 0.929. The Morgan fingerprint density at radius 1 is 1.28 bits per heavy atom. The lowest BCUT2D eigenvalue weighted by Crippen LogP contribution is -2.55. The Morgan fingerprint density at radius 2 is 2.06 bits per heavy atom. The summed E-state index contributed by atoms with van der Waals surface area (Å²) in [6.45, 7) is 4.36. The molecule has 2 aliphatic heterocycles. The lowest BCUT2D eigenvalue weighted by atomic mass is 9.97. The van der Waals surface area contributed by atoms with Gasteiger partial charge >= 0.3 is 0 Å². The van der Waals surface area contributed by atoms with Gasteiger partial charge in [-0.2, -0.15) is 0 Å². The molecule has 4 heteroatoms. The number of nitrogens with zero attached hydrogens (tertiary/aromatic N) is 2. The SMILES string of the molecule is CC1CCCC(C(=O)N(C)C2CCCN(C)C2)N1. The third-order valence-corrected chi connectivity index (χ3v) is 4.41. The minimum Gasteiger partial charge on any atom is -0.340 e. The summed E-state index contributed by atoms with van der Waals surface area (Å²) >= 11 is 0. The molecule has 0 aliphatic carbocycles. The van der Waals surface area contributed by atoms with E-state index >= 15 is 0 Å². The average Bonchev–Trinajstić information content (AvgIpc) is 2.37. The summed E-state index contributed by atoms with van der Waals surface area (Å²) in [5.41, 5.74) is 0. The molecule has 2 saturated heterocycles. The first-order valence-corrected chi connectivity index (χ1v) is 7.29. The van der Waals surface area contributed by atoms with Crippen LogP contribution in [0.4, 0.5) is 0 Å². The van der Waals surface area contributed by atoms with Crippen LogP contribution in [0.2, 0.25) is 0 Å². The molecular weight excluding hydrogens is 226 g/mol. The van der Waals surface area contributed by atoms with Gasteiger partial charge in [0.1, 0.15) is 0 Å². The third kappa shape index (κ3) is 3.23. The molecule has 0 bridgehead atoms. The van der Waals surface area contributed by atoms with Crippen LogP contribution in [0.15, 0.2) is 0 Å². The highest BCUT2D eigenvalue weighted by atomic mass is 16.2. The molecule has 2 rings (SSSR count). The van der Waals surface area contributed by atoms with Gasteiger partial charge in [-0.05, 0) is 52.6 Å². The maximum Gasteiger partial charge on any atom is 0.239 e. The Balaban J connectivity index is 1.91. The zero-order valence-electron chi connectivity index (χ0n) is 12.0. The van der Waals surface area contributed by atoms with E-state index in [0.29, 0.717) is 18.0 Å². The fourth-order valence-electron chi connectivity index (χ4n) is 3.21. The highest BCUT2D eigenvalue weighted by Crippen LogP contribution is 2.18. The molecule has 3 atom stereocenters. The van der Waals surface area contributed by atoms with E-state index in [-0.39, 0.29) is 6.04 Å². The average molecular weight is 253 g/mol. The number of carbonyl (C=O) groups is 1. The lowest BCUT2D eigenvalue weighted by Gasteiger charge is -2.38. The van der Waals surface area contributed by atoms with E-state index in [9.17, 15) is 4.79 Å². The van der Waals surface area contributed by atoms with Crippen LogP contribution >= 0.6 is 0 Å². The van der Waals surface area contributed by atoms with Crippen LogP contribution < -0.4 is 5.32 Å². The van der Waals surface area contributed by atoms with E-state index in [2.05, 4.69) is 24.2 Å². The van der Waals surface area contributed by atoms with Crippen molar-refractivity contribution in [1.29, 1.82) is 0 Å². The van der Waals surface area contributed by atoms with Crippen molar-refractivity contribution in [3.05, 3.63) is 0 Å². The predicted octanol–water partition coefficient (Wildman–Crippen LogP) is 1.07. The molecule has 3 unspecified atom stereocenters. The predicted molar refractivity (Wildman–Crippen MR) is 73.5 cm³/mol. The van der Waals surface area contributed by atoms with E-state index in [1.165, 1.54) is 19.3 Å². The number of amides is 1. The molecule has 0 aromatic carbocycles. The van der Waals surface area contributed by atoms with E-state index in [1.807, 2.05) is 11.9 Å². The maximum absolute atomic E-state index is 12.5. The molecule has 104 valence electrons. The number of likely N-dealkylation sites (tertiary alicyclic amines) is 1. The van der Waals surface area contributed by atoms with Crippen LogP contribution in [0.5, 0.6) is 0 Å². The first-order chi connectivity index (χ1) is 8.58. The normalized spacial score (nSPS) is 34.3. The first kappa shape index (κ1) is 13.8. The number of hydrogen-bond acceptors (Lipinski definition) is 3. The topological polar surface area (TPSA) is 35.6 Å². The smallest absolute Gasteiger partial charge is 0.239 e. The van der Waals surface area contributed by atoms with Gasteiger partial charge in [0, 0.05) is 25.7 Å². The summed E-state index contributed by atoms with van der Waals surface area (Å²) in [4.78, 5) is 16.8. The summed E-state index contributed by atoms with van der Waals surface area (Å²) in [6, 6.07) is 0.927. The fourth-order valence-corrected chi connectivity index (χ4v) is 3.21. The Hall–Kier alpha value is -0.610. The molecule has 0 aromatic rings. The lowest BCUT2D eigenvalue weighted by molar-refractivity contribution is -0.136. The van der Waals surface area contributed by atoms with Crippen molar-refractivity contribution >= 4 is 5.91 Å². The second-order valence-electron chi connectivity index (χ2n) is 6.06. The summed E-state index contributed by atoms with van der Waals surface area (Å²) in [5.74, 6) is 0.293. The highest BCUT2D eigenvalue weighted by molar-refractivity contribution is 5.82. The van der Waals surface area contributed by atoms with Crippen LogP contribution in [0.25, 0.3) is 0 Å². The zero-order valence-corrected chi connectivity index (χ0v) is 12.0. The maximum atomic E-state index is 12.5. The van der Waals surface area contributed by atoms with Crippen LogP contribution in [0, 0.1) is 0 Å². The first-order valence-electron chi connectivity index (χ1n) is 7.29. The van der Waals surface area contributed by atoms with Crippen LogP contribution in [0.3, 0.4) is 0 Å². The molecular formula is C14H27N3O. The summed E-state index contributed by atoms with van der Waals surface area (Å²) in [6.07, 6.45) is 5.71. The van der Waals surface area contributed by atoms with Crippen molar-refractivity contribution in [3.8, 4) is 0 Å². The number of rotatable bonds is 2. The molecule has 0 spiro atoms. The minimum absolute atomic E-state index is 0.0472. The van der Waals surface area contributed by atoms with Crippen molar-refractivity contribution in [2.45, 2.75) is 57.2 Å². The van der Waals surface area contributed by atoms with E-state index in [1.54, 1.807) is 0 Å². The molecule has 1 N–H and O–H groups in total. The van der Waals surface area contributed by atoms with Gasteiger partial charge in [-0.15, -0.1) is 0 Å². The number of piperidine rings is 2. The van der Waals surface area contributed by atoms with Gasteiger partial charge in [0.25, 0.3) is 0 Å². The Bertz CT molecular complexity index is 295. The number of likely N-dealkylation sites (N-methyl/N-ethyl adjacent to an activating group) is 2. The summed E-state index contributed by atoms with van der Waals surface area (Å²) < 4.78 is 0. The largest absolute Gasteiger partial charge is 0.340 e. The Kier molecular flexibility index (Phi) is 4.62. The minimum atomic E-state index is 0.0472. The summed E-state index contributed by atoms with van der Waals surface area (Å²) in [5, 5.41) is 3.44. The molecule has 0 radical (unpaired) electrons. The van der Waals surface area contributed by atoms with Gasteiger partial charge in [0.05, 0.1) is 6.04 Å². The quantitative estimate of drug-likeness (QED) is 0.799. The van der Waals surface area contributed by atoms with Gasteiger partial charge in [0.2, 0.25) is 5.91 Å². The van der Waals surface area contributed by atoms with Gasteiger partial charge in [-0.3, -0.25) is 4.79 Å². The van der Waals surface area contributed by atoms with Gasteiger partial charge < -0.3 is 15.1 Å². The van der Waals surface area contributed by atoms with Crippen molar-refractivity contribution in [1.82, 2.24) is 15.1 Å². The highest BCUT2D eigenvalue weighted by Gasteiger charge is 2.31. The molecule has 0 aromatic heterocycles. The number of carbonyl (C=O) groups excluding carboxylic acids is 1. The van der Waals surface area contributed by atoms with Crippen LogP contribution in [-0.2, 0) is 4.79 Å². The Labute approximate surface area is 111 Å². The molecule has 2 fully saturated rings. The molecule has 2 aliphatic rings. The van der Waals surface area contributed by atoms with Crippen LogP contribution in [-0.4, -0.2) is 61.0 Å². The van der Waals surface area contributed by atoms with Gasteiger partial charge in [-0.1, -0.05) is 0 Å². The molecule has 4 nitrogen and oxygen atoms in total. The number of nitrogens with one attached hydrogen (secondary N) is 1. The second-order valence-corrected chi connectivity index (χ2v) is 6.06. The molecule has 18 heavy (non-hydrogen) atoms. The second kappa shape index (κ2) is 6.02. The molecule has 2 heterocycles. The molecule has 1 amide bonds. The standard InChI is InChI=1S/C14H27N3O/c1-11-6-4-8-13(15-11)14(18)17(3)12-7-5-9-16(2)10-12/h11-13,15H,4-10H2,1-3H3. The van der Waals surface area contributed by atoms with E-state index in [0.717, 1.165) is 25.9 Å². The Morgan fingerprint density at radius 3 is 2.72 bits per heavy atom. The van der Waals surface area contributed by atoms with Crippen molar-refractivity contribution in [3.63, 3.8) is 0 Å². The third-order valence-electron chi connectivity index (χ3n) is 4.41. The van der Waals surface area contributed by atoms with E-state index < -0.39 is 0 Å². The zero-order chi connectivity index (χ0) is 13.1. The summed E-state index contributed by atoms with van der Waals surface area (Å²) in [7, 11) is 4.12. The van der Waals surface area contributed by atoms with Crippen LogP contribution in [0.1, 0.15) is 39.0 Å². The van der Waals surface area contributed by atoms with E-state index in [4.69, 9.17) is 0 Å². The van der Waals surface area contributed by atoms with Gasteiger partial charge in [-0.25, -0.2) is 0 Å². The van der Waals surface area contributed by atoms with Gasteiger partial charge in [0.15, 0.2) is 0 Å². The monoisotopic (exact) mass is 253 g/mol. The van der Waals surface area contributed by atoms with Crippen molar-refractivity contribution in [2.24, 2.45) is 0 Å². The number of hydrogen-bond donors (Lipinski definition) is 1.